The van der Waals surface area contributed by atoms with Crippen LogP contribution in [0.5, 0.6) is 11.5 Å². The topological polar surface area (TPSA) is 107 Å². The molecule has 2 aromatic heterocycles. The number of hydrogen-bond acceptors (Lipinski definition) is 8. The van der Waals surface area contributed by atoms with Crippen LogP contribution < -0.4 is 20.1 Å². The summed E-state index contributed by atoms with van der Waals surface area (Å²) in [5, 5.41) is 7.40. The molecule has 1 aliphatic heterocycles. The van der Waals surface area contributed by atoms with Crippen molar-refractivity contribution in [2.24, 2.45) is 0 Å². The largest absolute Gasteiger partial charge is 0.495 e. The number of methoxy groups -OCH3 is 2. The third-order valence-electron chi connectivity index (χ3n) is 5.20. The number of nitrogens with zero attached hydrogens (tertiary/aromatic N) is 3. The molecule has 0 saturated carbocycles. The molecule has 2 atom stereocenters. The van der Waals surface area contributed by atoms with Crippen LogP contribution in [0.2, 0.25) is 10.0 Å². The Balaban J connectivity index is 1.63. The summed E-state index contributed by atoms with van der Waals surface area (Å²) in [5.74, 6) is 0.967. The Hall–Kier alpha value is -3.14. The molecule has 172 valence electrons. The van der Waals surface area contributed by atoms with E-state index in [1.54, 1.807) is 18.5 Å². The summed E-state index contributed by atoms with van der Waals surface area (Å²) in [5.41, 5.74) is 1.68. The zero-order valence-electron chi connectivity index (χ0n) is 17.9. The highest BCUT2D eigenvalue weighted by Crippen LogP contribution is 2.46. The van der Waals surface area contributed by atoms with Crippen molar-refractivity contribution in [2.45, 2.75) is 12.1 Å². The highest BCUT2D eigenvalue weighted by Gasteiger charge is 2.29. The summed E-state index contributed by atoms with van der Waals surface area (Å²) >= 11 is 13.1. The second-order valence-electron chi connectivity index (χ2n) is 7.22. The smallest absolute Gasteiger partial charge is 0.243 e. The van der Waals surface area contributed by atoms with Crippen LogP contribution in [0, 0.1) is 0 Å². The van der Waals surface area contributed by atoms with Crippen LogP contribution in [0.3, 0.4) is 0 Å². The van der Waals surface area contributed by atoms with Crippen LogP contribution in [0.25, 0.3) is 22.2 Å². The van der Waals surface area contributed by atoms with E-state index in [-0.39, 0.29) is 18.0 Å². The van der Waals surface area contributed by atoms with Crippen molar-refractivity contribution in [3.8, 4) is 22.6 Å². The molecule has 0 spiro atoms. The van der Waals surface area contributed by atoms with E-state index in [0.717, 1.165) is 0 Å². The minimum atomic E-state index is -0.266. The maximum atomic E-state index is 11.6. The normalized spacial score (nSPS) is 17.6. The van der Waals surface area contributed by atoms with Crippen molar-refractivity contribution in [1.82, 2.24) is 20.3 Å². The molecule has 0 unspecified atom stereocenters. The van der Waals surface area contributed by atoms with Gasteiger partial charge < -0.3 is 24.8 Å². The number of aromatic nitrogens is 3. The fraction of sp³-hybridized carbons (Fsp3) is 0.273. The zero-order chi connectivity index (χ0) is 23.5. The molecule has 0 bridgehead atoms. The van der Waals surface area contributed by atoms with Crippen LogP contribution >= 0.6 is 23.2 Å². The van der Waals surface area contributed by atoms with Crippen LogP contribution in [-0.4, -0.2) is 60.4 Å². The number of anilines is 1. The summed E-state index contributed by atoms with van der Waals surface area (Å²) in [6, 6.07) is 3.05. The first-order chi connectivity index (χ1) is 15.9. The van der Waals surface area contributed by atoms with E-state index < -0.39 is 0 Å². The van der Waals surface area contributed by atoms with Gasteiger partial charge in [0.25, 0.3) is 0 Å². The molecule has 1 aliphatic rings. The number of halogens is 2. The number of carbonyl (C=O) groups excluding carboxylic acids is 1. The van der Waals surface area contributed by atoms with Crippen molar-refractivity contribution >= 4 is 46.1 Å². The molecular weight excluding hydrogens is 469 g/mol. The summed E-state index contributed by atoms with van der Waals surface area (Å²) in [6.07, 6.45) is 4.49. The van der Waals surface area contributed by atoms with E-state index in [9.17, 15) is 4.79 Å². The van der Waals surface area contributed by atoms with Gasteiger partial charge in [0.05, 0.1) is 49.6 Å². The van der Waals surface area contributed by atoms with Gasteiger partial charge in [-0.15, -0.1) is 0 Å². The molecule has 0 aliphatic carbocycles. The lowest BCUT2D eigenvalue weighted by Crippen LogP contribution is -2.45. The molecule has 0 radical (unpaired) electrons. The number of fused-ring (bicyclic) bond motifs is 1. The Morgan fingerprint density at radius 2 is 1.82 bits per heavy atom. The molecule has 3 aromatic rings. The fourth-order valence-corrected chi connectivity index (χ4v) is 4.23. The number of hydrogen-bond donors (Lipinski definition) is 2. The number of nitrogens with one attached hydrogen (secondary N) is 2. The number of pyridine rings is 1. The molecule has 33 heavy (non-hydrogen) atoms. The van der Waals surface area contributed by atoms with E-state index >= 15 is 0 Å². The molecule has 1 saturated heterocycles. The Bertz CT molecular complexity index is 1190. The first-order valence-electron chi connectivity index (χ1n) is 9.95. The van der Waals surface area contributed by atoms with Crippen molar-refractivity contribution < 1.29 is 19.0 Å². The van der Waals surface area contributed by atoms with Gasteiger partial charge in [-0.1, -0.05) is 29.8 Å². The number of amides is 1. The van der Waals surface area contributed by atoms with Crippen molar-refractivity contribution in [2.75, 3.05) is 32.8 Å². The highest BCUT2D eigenvalue weighted by atomic mass is 35.5. The first kappa shape index (κ1) is 23.0. The number of rotatable bonds is 7. The maximum absolute atomic E-state index is 11.6. The van der Waals surface area contributed by atoms with Gasteiger partial charge in [0.15, 0.2) is 5.65 Å². The average molecular weight is 490 g/mol. The predicted molar refractivity (Wildman–Crippen MR) is 126 cm³/mol. The van der Waals surface area contributed by atoms with Gasteiger partial charge in [0.1, 0.15) is 11.5 Å². The van der Waals surface area contributed by atoms with Gasteiger partial charge in [0.2, 0.25) is 11.9 Å². The van der Waals surface area contributed by atoms with Gasteiger partial charge in [-0.2, -0.15) is 4.98 Å². The molecule has 2 N–H and O–H groups in total. The molecule has 1 aromatic carbocycles. The Morgan fingerprint density at radius 3 is 2.48 bits per heavy atom. The van der Waals surface area contributed by atoms with Gasteiger partial charge in [-0.3, -0.25) is 4.79 Å². The Kier molecular flexibility index (Phi) is 6.83. The predicted octanol–water partition coefficient (Wildman–Crippen LogP) is 3.50. The molecule has 9 nitrogen and oxygen atoms in total. The van der Waals surface area contributed by atoms with E-state index in [4.69, 9.17) is 37.4 Å². The average Bonchev–Trinajstić information content (AvgIpc) is 3.25. The summed E-state index contributed by atoms with van der Waals surface area (Å²) < 4.78 is 16.2. The molecule has 1 amide bonds. The second kappa shape index (κ2) is 9.78. The highest BCUT2D eigenvalue weighted by molar-refractivity contribution is 6.41. The third kappa shape index (κ3) is 4.66. The minimum Gasteiger partial charge on any atom is -0.495 e. The first-order valence-corrected chi connectivity index (χ1v) is 10.7. The zero-order valence-corrected chi connectivity index (χ0v) is 19.4. The van der Waals surface area contributed by atoms with Gasteiger partial charge >= 0.3 is 0 Å². The SMILES string of the molecule is C=CC(=O)N[C@H]1COC[C@H]1Nc1ncc2cc(-c3c(Cl)c(OC)cc(OC)c3Cl)cnc2n1. The van der Waals surface area contributed by atoms with E-state index in [0.29, 0.717) is 62.9 Å². The third-order valence-corrected chi connectivity index (χ3v) is 5.95. The van der Waals surface area contributed by atoms with Crippen LogP contribution in [0.4, 0.5) is 5.95 Å². The molecule has 11 heteroatoms. The van der Waals surface area contributed by atoms with Crippen molar-refractivity contribution in [3.05, 3.63) is 47.2 Å². The van der Waals surface area contributed by atoms with Gasteiger partial charge in [-0.25, -0.2) is 9.97 Å². The number of carbonyl (C=O) groups is 1. The van der Waals surface area contributed by atoms with E-state index in [2.05, 4.69) is 32.2 Å². The monoisotopic (exact) mass is 489 g/mol. The summed E-state index contributed by atoms with van der Waals surface area (Å²) in [4.78, 5) is 25.0. The van der Waals surface area contributed by atoms with Crippen LogP contribution in [0.15, 0.2) is 37.2 Å². The lowest BCUT2D eigenvalue weighted by molar-refractivity contribution is -0.117. The van der Waals surface area contributed by atoms with Crippen molar-refractivity contribution in [1.29, 1.82) is 0 Å². The lowest BCUT2D eigenvalue weighted by Gasteiger charge is -2.19. The molecular formula is C22H21Cl2N5O4. The molecule has 3 heterocycles. The van der Waals surface area contributed by atoms with Crippen LogP contribution in [-0.2, 0) is 9.53 Å². The molecule has 4 rings (SSSR count). The Morgan fingerprint density at radius 1 is 1.12 bits per heavy atom. The number of benzene rings is 1. The summed E-state index contributed by atoms with van der Waals surface area (Å²) in [7, 11) is 3.03. The van der Waals surface area contributed by atoms with Crippen molar-refractivity contribution in [3.63, 3.8) is 0 Å². The Labute approximate surface area is 200 Å². The number of ether oxygens (including phenoxy) is 3. The fourth-order valence-electron chi connectivity index (χ4n) is 3.51. The second-order valence-corrected chi connectivity index (χ2v) is 7.98. The van der Waals surface area contributed by atoms with Crippen LogP contribution in [0.1, 0.15) is 0 Å². The lowest BCUT2D eigenvalue weighted by atomic mass is 10.1. The van der Waals surface area contributed by atoms with Gasteiger partial charge in [0, 0.05) is 35.0 Å². The van der Waals surface area contributed by atoms with E-state index in [1.807, 2.05) is 6.07 Å². The van der Waals surface area contributed by atoms with Gasteiger partial charge in [-0.05, 0) is 12.1 Å². The van der Waals surface area contributed by atoms with E-state index in [1.165, 1.54) is 20.3 Å². The summed E-state index contributed by atoms with van der Waals surface area (Å²) in [6.45, 7) is 4.26. The maximum Gasteiger partial charge on any atom is 0.243 e. The quantitative estimate of drug-likeness (QED) is 0.485. The minimum absolute atomic E-state index is 0.188. The molecule has 1 fully saturated rings. The standard InChI is InChI=1S/C22H21Cl2N5O4/c1-4-17(30)27-13-9-33-10-14(13)28-22-26-8-12-5-11(7-25-21(12)29-22)18-19(23)15(31-2)6-16(32-3)20(18)24/h4-8,13-14H,1,9-10H2,2-3H3,(H,27,30)(H,25,26,28,29)/t13-,14+/m0/s1.